The number of nitrogens with two attached hydrogens (primary N) is 3. The van der Waals surface area contributed by atoms with Gasteiger partial charge < -0.3 is 38.3 Å². The first kappa shape index (κ1) is 29.8. The Bertz CT molecular complexity index is 601. The largest absolute Gasteiger partial charge is 0.480 e. The Morgan fingerprint density at radius 2 is 1.22 bits per heavy atom. The predicted molar refractivity (Wildman–Crippen MR) is 122 cm³/mol. The molecule has 3 amide bonds. The molecule has 0 aromatic heterocycles. The second-order valence-electron chi connectivity index (χ2n) is 8.19. The molecular weight excluding hydrogens is 416 g/mol. The molecule has 5 atom stereocenters. The van der Waals surface area contributed by atoms with E-state index < -0.39 is 47.9 Å². The monoisotopic (exact) mass is 458 g/mol. The number of carbonyl (C=O) groups is 4. The molecule has 0 saturated heterocycles. The summed E-state index contributed by atoms with van der Waals surface area (Å²) in [4.78, 5) is 49.5. The molecule has 0 aliphatic rings. The summed E-state index contributed by atoms with van der Waals surface area (Å²) in [5, 5.41) is 17.3. The molecule has 10 N–H and O–H groups in total. The van der Waals surface area contributed by atoms with Gasteiger partial charge in [0.2, 0.25) is 17.7 Å². The molecule has 0 radical (unpaired) electrons. The third-order valence-corrected chi connectivity index (χ3v) is 5.35. The zero-order chi connectivity index (χ0) is 24.7. The van der Waals surface area contributed by atoms with Crippen LogP contribution < -0.4 is 33.2 Å². The summed E-state index contributed by atoms with van der Waals surface area (Å²) in [6, 6.07) is -3.70. The molecule has 5 unspecified atom stereocenters. The van der Waals surface area contributed by atoms with Crippen molar-refractivity contribution < 1.29 is 24.3 Å². The van der Waals surface area contributed by atoms with Gasteiger partial charge in [-0.05, 0) is 64.5 Å². The van der Waals surface area contributed by atoms with E-state index in [0.717, 1.165) is 0 Å². The van der Waals surface area contributed by atoms with Crippen molar-refractivity contribution in [1.82, 2.24) is 16.0 Å². The Balaban J connectivity index is 5.45. The van der Waals surface area contributed by atoms with Gasteiger partial charge in [0.15, 0.2) is 0 Å². The van der Waals surface area contributed by atoms with Gasteiger partial charge in [-0.25, -0.2) is 4.79 Å². The van der Waals surface area contributed by atoms with Crippen LogP contribution >= 0.6 is 0 Å². The van der Waals surface area contributed by atoms with Crippen LogP contribution in [0.5, 0.6) is 0 Å². The fourth-order valence-electron chi connectivity index (χ4n) is 3.04. The van der Waals surface area contributed by atoms with Gasteiger partial charge in [0.1, 0.15) is 18.1 Å². The van der Waals surface area contributed by atoms with Crippen molar-refractivity contribution in [1.29, 1.82) is 0 Å². The van der Waals surface area contributed by atoms with Gasteiger partial charge >= 0.3 is 5.97 Å². The third-order valence-electron chi connectivity index (χ3n) is 5.35. The lowest BCUT2D eigenvalue weighted by molar-refractivity contribution is -0.144. The SMILES string of the molecule is CCC(C)C(NC(=O)C(CCCCN)NC(=O)C(CCCCN)NC(=O)C(C)N)C(=O)O. The lowest BCUT2D eigenvalue weighted by Crippen LogP contribution is -2.57. The van der Waals surface area contributed by atoms with E-state index in [2.05, 4.69) is 16.0 Å². The molecule has 0 aromatic rings. The van der Waals surface area contributed by atoms with Gasteiger partial charge in [-0.1, -0.05) is 20.3 Å². The molecule has 186 valence electrons. The van der Waals surface area contributed by atoms with Crippen molar-refractivity contribution in [2.75, 3.05) is 13.1 Å². The molecule has 32 heavy (non-hydrogen) atoms. The highest BCUT2D eigenvalue weighted by Crippen LogP contribution is 2.10. The minimum atomic E-state index is -1.14. The maximum atomic E-state index is 12.9. The molecule has 0 aliphatic heterocycles. The number of nitrogens with one attached hydrogen (secondary N) is 3. The number of carboxylic acids is 1. The van der Waals surface area contributed by atoms with Crippen LogP contribution in [0.4, 0.5) is 0 Å². The number of carbonyl (C=O) groups excluding carboxylic acids is 3. The van der Waals surface area contributed by atoms with Crippen molar-refractivity contribution in [2.24, 2.45) is 23.1 Å². The Morgan fingerprint density at radius 1 is 0.781 bits per heavy atom. The van der Waals surface area contributed by atoms with E-state index in [9.17, 15) is 24.3 Å². The zero-order valence-corrected chi connectivity index (χ0v) is 19.6. The van der Waals surface area contributed by atoms with E-state index in [4.69, 9.17) is 17.2 Å². The van der Waals surface area contributed by atoms with Crippen LogP contribution in [0.3, 0.4) is 0 Å². The summed E-state index contributed by atoms with van der Waals surface area (Å²) in [5.41, 5.74) is 16.6. The van der Waals surface area contributed by atoms with Crippen LogP contribution in [0.1, 0.15) is 65.7 Å². The fourth-order valence-corrected chi connectivity index (χ4v) is 3.04. The number of unbranched alkanes of at least 4 members (excludes halogenated alkanes) is 2. The summed E-state index contributed by atoms with van der Waals surface area (Å²) < 4.78 is 0. The Labute approximate surface area is 190 Å². The molecule has 0 heterocycles. The summed E-state index contributed by atoms with van der Waals surface area (Å²) >= 11 is 0. The molecule has 0 rings (SSSR count). The zero-order valence-electron chi connectivity index (χ0n) is 19.6. The molecule has 0 saturated carbocycles. The lowest BCUT2D eigenvalue weighted by Gasteiger charge is -2.26. The van der Waals surface area contributed by atoms with Gasteiger partial charge in [0.25, 0.3) is 0 Å². The maximum absolute atomic E-state index is 12.9. The first-order valence-electron chi connectivity index (χ1n) is 11.4. The van der Waals surface area contributed by atoms with Crippen molar-refractivity contribution in [2.45, 2.75) is 89.9 Å². The van der Waals surface area contributed by atoms with Crippen molar-refractivity contribution in [3.05, 3.63) is 0 Å². The number of aliphatic carboxylic acids is 1. The van der Waals surface area contributed by atoms with Gasteiger partial charge in [0.05, 0.1) is 6.04 Å². The molecule has 0 fully saturated rings. The van der Waals surface area contributed by atoms with Crippen LogP contribution in [0.15, 0.2) is 0 Å². The third kappa shape index (κ3) is 11.4. The summed E-state index contributed by atoms with van der Waals surface area (Å²) in [6.07, 6.45) is 3.69. The minimum absolute atomic E-state index is 0.286. The average molecular weight is 459 g/mol. The van der Waals surface area contributed by atoms with Gasteiger partial charge in [0, 0.05) is 0 Å². The molecule has 0 bridgehead atoms. The topological polar surface area (TPSA) is 203 Å². The van der Waals surface area contributed by atoms with E-state index in [-0.39, 0.29) is 5.92 Å². The molecule has 0 spiro atoms. The van der Waals surface area contributed by atoms with Crippen LogP contribution in [-0.4, -0.2) is 66.1 Å². The predicted octanol–water partition coefficient (Wildman–Crippen LogP) is -0.823. The smallest absolute Gasteiger partial charge is 0.326 e. The highest BCUT2D eigenvalue weighted by Gasteiger charge is 2.31. The summed E-state index contributed by atoms with van der Waals surface area (Å²) in [5.74, 6) is -3.01. The van der Waals surface area contributed by atoms with E-state index >= 15 is 0 Å². The molecule has 11 nitrogen and oxygen atoms in total. The Hall–Kier alpha value is -2.24. The van der Waals surface area contributed by atoms with Gasteiger partial charge in [-0.3, -0.25) is 14.4 Å². The van der Waals surface area contributed by atoms with E-state index in [1.165, 1.54) is 6.92 Å². The number of amides is 3. The van der Waals surface area contributed by atoms with Crippen molar-refractivity contribution >= 4 is 23.7 Å². The number of hydrogen-bond acceptors (Lipinski definition) is 7. The first-order chi connectivity index (χ1) is 15.1. The summed E-state index contributed by atoms with van der Waals surface area (Å²) in [6.45, 7) is 5.96. The van der Waals surface area contributed by atoms with Crippen LogP contribution in [0, 0.1) is 5.92 Å². The van der Waals surface area contributed by atoms with E-state index in [0.29, 0.717) is 58.0 Å². The quantitative estimate of drug-likeness (QED) is 0.137. The normalized spacial score (nSPS) is 15.7. The fraction of sp³-hybridized carbons (Fsp3) is 0.810. The number of rotatable bonds is 17. The van der Waals surface area contributed by atoms with Crippen molar-refractivity contribution in [3.63, 3.8) is 0 Å². The van der Waals surface area contributed by atoms with Crippen LogP contribution in [0.2, 0.25) is 0 Å². The van der Waals surface area contributed by atoms with Crippen molar-refractivity contribution in [3.8, 4) is 0 Å². The second-order valence-corrected chi connectivity index (χ2v) is 8.19. The Morgan fingerprint density at radius 3 is 1.59 bits per heavy atom. The molecule has 0 aliphatic carbocycles. The molecule has 11 heteroatoms. The molecular formula is C21H42N6O5. The second kappa shape index (κ2) is 16.4. The average Bonchev–Trinajstić information content (AvgIpc) is 2.74. The summed E-state index contributed by atoms with van der Waals surface area (Å²) in [7, 11) is 0. The molecule has 0 aromatic carbocycles. The lowest BCUT2D eigenvalue weighted by atomic mass is 9.98. The highest BCUT2D eigenvalue weighted by atomic mass is 16.4. The number of carboxylic acid groups (broad SMARTS) is 1. The van der Waals surface area contributed by atoms with E-state index in [1.54, 1.807) is 6.92 Å². The van der Waals surface area contributed by atoms with Crippen LogP contribution in [0.25, 0.3) is 0 Å². The first-order valence-corrected chi connectivity index (χ1v) is 11.4. The standard InChI is InChI=1S/C21H42N6O5/c1-4-13(2)17(21(31)32)27-20(30)16(10-6-8-12-23)26-19(29)15(9-5-7-11-22)25-18(28)14(3)24/h13-17H,4-12,22-24H2,1-3H3,(H,25,28)(H,26,29)(H,27,30)(H,31,32). The Kier molecular flexibility index (Phi) is 15.3. The minimum Gasteiger partial charge on any atom is -0.480 e. The maximum Gasteiger partial charge on any atom is 0.326 e. The van der Waals surface area contributed by atoms with Gasteiger partial charge in [-0.2, -0.15) is 0 Å². The van der Waals surface area contributed by atoms with Gasteiger partial charge in [-0.15, -0.1) is 0 Å². The highest BCUT2D eigenvalue weighted by molar-refractivity contribution is 5.94. The number of hydrogen-bond donors (Lipinski definition) is 7. The van der Waals surface area contributed by atoms with Crippen LogP contribution in [-0.2, 0) is 19.2 Å². The van der Waals surface area contributed by atoms with E-state index in [1.807, 2.05) is 6.92 Å².